The van der Waals surface area contributed by atoms with Crippen LogP contribution in [0.15, 0.2) is 53.4 Å². The van der Waals surface area contributed by atoms with Crippen LogP contribution in [-0.2, 0) is 11.3 Å². The van der Waals surface area contributed by atoms with Gasteiger partial charge in [-0.05, 0) is 53.2 Å². The first-order chi connectivity index (χ1) is 11.0. The summed E-state index contributed by atoms with van der Waals surface area (Å²) in [6.45, 7) is 0.128. The number of imide groups is 1. The Labute approximate surface area is 141 Å². The maximum Gasteiger partial charge on any atom is 0.293 e. The minimum Gasteiger partial charge on any atom is -0.268 e. The number of hydrogen-bond acceptors (Lipinski definition) is 3. The van der Waals surface area contributed by atoms with E-state index < -0.39 is 0 Å². The second-order valence-electron chi connectivity index (χ2n) is 4.95. The highest BCUT2D eigenvalue weighted by atomic mass is 35.5. The zero-order valence-corrected chi connectivity index (χ0v) is 13.4. The zero-order chi connectivity index (χ0) is 16.4. The maximum absolute atomic E-state index is 12.9. The summed E-state index contributed by atoms with van der Waals surface area (Å²) in [5.74, 6) is -0.704. The number of rotatable bonds is 3. The molecule has 0 spiro atoms. The number of nitrogens with zero attached hydrogens (tertiary/aromatic N) is 1. The third kappa shape index (κ3) is 3.63. The van der Waals surface area contributed by atoms with Crippen molar-refractivity contribution in [2.24, 2.45) is 0 Å². The van der Waals surface area contributed by atoms with Crippen molar-refractivity contribution in [2.75, 3.05) is 0 Å². The number of thioether (sulfide) groups is 1. The number of amides is 2. The molecule has 0 bridgehead atoms. The second-order valence-corrected chi connectivity index (χ2v) is 6.38. The zero-order valence-electron chi connectivity index (χ0n) is 11.8. The van der Waals surface area contributed by atoms with Crippen LogP contribution < -0.4 is 0 Å². The van der Waals surface area contributed by atoms with Crippen LogP contribution in [0.2, 0.25) is 5.02 Å². The highest BCUT2D eigenvalue weighted by Gasteiger charge is 2.34. The van der Waals surface area contributed by atoms with E-state index in [0.717, 1.165) is 22.2 Å². The van der Waals surface area contributed by atoms with Gasteiger partial charge < -0.3 is 0 Å². The molecule has 2 aromatic carbocycles. The summed E-state index contributed by atoms with van der Waals surface area (Å²) in [6.07, 6.45) is 1.66. The summed E-state index contributed by atoms with van der Waals surface area (Å²) in [5, 5.41) is 0.270. The molecule has 0 saturated carbocycles. The van der Waals surface area contributed by atoms with Crippen molar-refractivity contribution in [3.8, 4) is 0 Å². The van der Waals surface area contributed by atoms with E-state index in [4.69, 9.17) is 11.6 Å². The first-order valence-electron chi connectivity index (χ1n) is 6.78. The van der Waals surface area contributed by atoms with Gasteiger partial charge in [0.2, 0.25) is 0 Å². The van der Waals surface area contributed by atoms with Crippen molar-refractivity contribution >= 4 is 40.6 Å². The van der Waals surface area contributed by atoms with E-state index >= 15 is 0 Å². The van der Waals surface area contributed by atoms with Crippen molar-refractivity contribution in [1.29, 1.82) is 0 Å². The average molecular weight is 348 g/mol. The molecule has 0 atom stereocenters. The second kappa shape index (κ2) is 6.56. The fourth-order valence-corrected chi connectivity index (χ4v) is 3.08. The Morgan fingerprint density at radius 2 is 1.70 bits per heavy atom. The first kappa shape index (κ1) is 15.8. The molecular weight excluding hydrogens is 337 g/mol. The number of benzene rings is 2. The Bertz CT molecular complexity index is 787. The smallest absolute Gasteiger partial charge is 0.268 e. The number of hydrogen-bond donors (Lipinski definition) is 0. The van der Waals surface area contributed by atoms with Gasteiger partial charge in [-0.25, -0.2) is 4.39 Å². The Hall–Kier alpha value is -2.11. The van der Waals surface area contributed by atoms with Crippen molar-refractivity contribution in [3.05, 3.63) is 75.4 Å². The molecule has 2 aromatic rings. The summed E-state index contributed by atoms with van der Waals surface area (Å²) in [4.78, 5) is 25.9. The molecule has 3 rings (SSSR count). The van der Waals surface area contributed by atoms with Crippen LogP contribution in [0.5, 0.6) is 0 Å². The van der Waals surface area contributed by atoms with Gasteiger partial charge in [-0.3, -0.25) is 14.5 Å². The summed E-state index contributed by atoms with van der Waals surface area (Å²) in [7, 11) is 0. The molecule has 0 N–H and O–H groups in total. The molecule has 0 aliphatic carbocycles. The van der Waals surface area contributed by atoms with Crippen molar-refractivity contribution in [1.82, 2.24) is 4.90 Å². The Morgan fingerprint density at radius 3 is 2.35 bits per heavy atom. The van der Waals surface area contributed by atoms with Crippen LogP contribution in [0, 0.1) is 5.82 Å². The molecule has 6 heteroatoms. The molecule has 1 aliphatic rings. The first-order valence-corrected chi connectivity index (χ1v) is 7.98. The molecule has 0 aromatic heterocycles. The van der Waals surface area contributed by atoms with E-state index in [1.165, 1.54) is 12.1 Å². The molecule has 1 heterocycles. The normalized spacial score (nSPS) is 16.4. The quantitative estimate of drug-likeness (QED) is 0.754. The molecule has 116 valence electrons. The molecule has 0 unspecified atom stereocenters. The highest BCUT2D eigenvalue weighted by molar-refractivity contribution is 8.18. The molecule has 2 amide bonds. The van der Waals surface area contributed by atoms with E-state index in [2.05, 4.69) is 0 Å². The third-order valence-corrected chi connectivity index (χ3v) is 4.45. The van der Waals surface area contributed by atoms with Crippen LogP contribution in [-0.4, -0.2) is 16.0 Å². The summed E-state index contributed by atoms with van der Waals surface area (Å²) >= 11 is 6.72. The Kier molecular flexibility index (Phi) is 4.50. The molecular formula is C17H11ClFNO2S. The van der Waals surface area contributed by atoms with Gasteiger partial charge in [-0.2, -0.15) is 0 Å². The molecule has 23 heavy (non-hydrogen) atoms. The Morgan fingerprint density at radius 1 is 1.04 bits per heavy atom. The highest BCUT2D eigenvalue weighted by Crippen LogP contribution is 2.33. The largest absolute Gasteiger partial charge is 0.293 e. The third-order valence-electron chi connectivity index (χ3n) is 3.30. The van der Waals surface area contributed by atoms with Crippen LogP contribution >= 0.6 is 23.4 Å². The van der Waals surface area contributed by atoms with Crippen molar-refractivity contribution < 1.29 is 14.0 Å². The van der Waals surface area contributed by atoms with Gasteiger partial charge in [0.05, 0.1) is 11.4 Å². The van der Waals surface area contributed by atoms with Gasteiger partial charge in [0.1, 0.15) is 5.82 Å². The van der Waals surface area contributed by atoms with Gasteiger partial charge in [0.15, 0.2) is 0 Å². The predicted molar refractivity (Wildman–Crippen MR) is 89.4 cm³/mol. The monoisotopic (exact) mass is 347 g/mol. The van der Waals surface area contributed by atoms with E-state index in [1.807, 2.05) is 0 Å². The fourth-order valence-electron chi connectivity index (χ4n) is 2.12. The van der Waals surface area contributed by atoms with E-state index in [0.29, 0.717) is 15.5 Å². The van der Waals surface area contributed by atoms with Crippen LogP contribution in [0.1, 0.15) is 11.1 Å². The molecule has 3 nitrogen and oxygen atoms in total. The standard InChI is InChI=1S/C17H11ClFNO2S/c18-13-5-1-11(2-6-13)9-15-16(21)20(17(22)23-15)10-12-3-7-14(19)8-4-12/h1-9H,10H2. The minimum absolute atomic E-state index is 0.128. The fraction of sp³-hybridized carbons (Fsp3) is 0.0588. The lowest BCUT2D eigenvalue weighted by atomic mass is 10.2. The molecule has 0 radical (unpaired) electrons. The number of halogens is 2. The Balaban J connectivity index is 1.79. The van der Waals surface area contributed by atoms with Gasteiger partial charge in [-0.15, -0.1) is 0 Å². The van der Waals surface area contributed by atoms with E-state index in [-0.39, 0.29) is 23.5 Å². The summed E-state index contributed by atoms with van der Waals surface area (Å²) < 4.78 is 12.9. The summed E-state index contributed by atoms with van der Waals surface area (Å²) in [6, 6.07) is 12.7. The molecule has 1 fully saturated rings. The molecule has 1 saturated heterocycles. The lowest BCUT2D eigenvalue weighted by Crippen LogP contribution is -2.27. The maximum atomic E-state index is 12.9. The minimum atomic E-state index is -0.356. The van der Waals surface area contributed by atoms with E-state index in [9.17, 15) is 14.0 Å². The van der Waals surface area contributed by atoms with Crippen molar-refractivity contribution in [3.63, 3.8) is 0 Å². The number of carbonyl (C=O) groups is 2. The topological polar surface area (TPSA) is 37.4 Å². The van der Waals surface area contributed by atoms with Crippen LogP contribution in [0.3, 0.4) is 0 Å². The van der Waals surface area contributed by atoms with Gasteiger partial charge in [0, 0.05) is 5.02 Å². The van der Waals surface area contributed by atoms with Gasteiger partial charge in [-0.1, -0.05) is 35.9 Å². The van der Waals surface area contributed by atoms with Gasteiger partial charge >= 0.3 is 0 Å². The average Bonchev–Trinajstić information content (AvgIpc) is 2.79. The van der Waals surface area contributed by atoms with Crippen molar-refractivity contribution in [2.45, 2.75) is 6.54 Å². The SMILES string of the molecule is O=C1SC(=Cc2ccc(Cl)cc2)C(=O)N1Cc1ccc(F)cc1. The number of carbonyl (C=O) groups excluding carboxylic acids is 2. The molecule has 1 aliphatic heterocycles. The van der Waals surface area contributed by atoms with Crippen LogP contribution in [0.4, 0.5) is 9.18 Å². The summed E-state index contributed by atoms with van der Waals surface area (Å²) in [5.41, 5.74) is 1.49. The lowest BCUT2D eigenvalue weighted by molar-refractivity contribution is -0.123. The predicted octanol–water partition coefficient (Wildman–Crippen LogP) is 4.72. The van der Waals surface area contributed by atoms with E-state index in [1.54, 1.807) is 42.5 Å². The lowest BCUT2D eigenvalue weighted by Gasteiger charge is -2.12. The van der Waals surface area contributed by atoms with Crippen LogP contribution in [0.25, 0.3) is 6.08 Å². The van der Waals surface area contributed by atoms with Gasteiger partial charge in [0.25, 0.3) is 11.1 Å².